The summed E-state index contributed by atoms with van der Waals surface area (Å²) < 4.78 is 20.7. The van der Waals surface area contributed by atoms with Gasteiger partial charge in [0.15, 0.2) is 0 Å². The molecule has 0 radical (unpaired) electrons. The molecule has 0 bridgehead atoms. The predicted molar refractivity (Wildman–Crippen MR) is 138 cm³/mol. The SMILES string of the molecule is CCCCCC1CCC(C2CCC(CCc3ccc4cc(OCC)ccc4c3F)CC2)CC1. The van der Waals surface area contributed by atoms with Crippen LogP contribution in [0, 0.1) is 29.5 Å². The minimum absolute atomic E-state index is 0.0278. The van der Waals surface area contributed by atoms with Gasteiger partial charge in [-0.2, -0.15) is 0 Å². The third-order valence-corrected chi connectivity index (χ3v) is 8.80. The van der Waals surface area contributed by atoms with E-state index in [1.165, 1.54) is 77.0 Å². The zero-order chi connectivity index (χ0) is 23.0. The van der Waals surface area contributed by atoms with E-state index in [0.29, 0.717) is 6.61 Å². The molecule has 2 aromatic carbocycles. The van der Waals surface area contributed by atoms with Crippen LogP contribution >= 0.6 is 0 Å². The molecule has 0 amide bonds. The molecule has 2 saturated carbocycles. The smallest absolute Gasteiger partial charge is 0.134 e. The first-order chi connectivity index (χ1) is 16.2. The summed E-state index contributed by atoms with van der Waals surface area (Å²) in [4.78, 5) is 0. The van der Waals surface area contributed by atoms with E-state index < -0.39 is 0 Å². The predicted octanol–water partition coefficient (Wildman–Crippen LogP) is 9.50. The lowest BCUT2D eigenvalue weighted by molar-refractivity contribution is 0.140. The van der Waals surface area contributed by atoms with Crippen molar-refractivity contribution in [2.24, 2.45) is 23.7 Å². The Bertz CT molecular complexity index is 859. The number of aryl methyl sites for hydroxylation is 1. The monoisotopic (exact) mass is 452 g/mol. The summed E-state index contributed by atoms with van der Waals surface area (Å²) in [6.07, 6.45) is 19.2. The molecule has 0 unspecified atom stereocenters. The van der Waals surface area contributed by atoms with Crippen LogP contribution < -0.4 is 4.74 Å². The molecule has 0 atom stereocenters. The molecule has 2 fully saturated rings. The van der Waals surface area contributed by atoms with Crippen molar-refractivity contribution in [3.63, 3.8) is 0 Å². The quantitative estimate of drug-likeness (QED) is 0.326. The van der Waals surface area contributed by atoms with Gasteiger partial charge in [0.1, 0.15) is 11.6 Å². The lowest BCUT2D eigenvalue weighted by Gasteiger charge is -2.38. The maximum Gasteiger partial charge on any atom is 0.134 e. The summed E-state index contributed by atoms with van der Waals surface area (Å²) in [7, 11) is 0. The van der Waals surface area contributed by atoms with Crippen LogP contribution in [0.3, 0.4) is 0 Å². The second-order valence-corrected chi connectivity index (χ2v) is 11.0. The molecular weight excluding hydrogens is 407 g/mol. The fourth-order valence-corrected chi connectivity index (χ4v) is 6.70. The first kappa shape index (κ1) is 24.6. The average Bonchev–Trinajstić information content (AvgIpc) is 2.85. The van der Waals surface area contributed by atoms with Gasteiger partial charge in [-0.1, -0.05) is 70.4 Å². The maximum absolute atomic E-state index is 15.1. The Morgan fingerprint density at radius 1 is 0.788 bits per heavy atom. The number of unbranched alkanes of at least 4 members (excludes halogenated alkanes) is 2. The largest absolute Gasteiger partial charge is 0.494 e. The van der Waals surface area contributed by atoms with Crippen LogP contribution in [0.25, 0.3) is 10.8 Å². The van der Waals surface area contributed by atoms with Gasteiger partial charge in [-0.3, -0.25) is 0 Å². The third kappa shape index (κ3) is 6.52. The number of ether oxygens (including phenoxy) is 1. The molecule has 33 heavy (non-hydrogen) atoms. The highest BCUT2D eigenvalue weighted by Crippen LogP contribution is 2.43. The van der Waals surface area contributed by atoms with E-state index in [1.54, 1.807) is 0 Å². The second-order valence-electron chi connectivity index (χ2n) is 11.0. The second kappa shape index (κ2) is 12.2. The standard InChI is InChI=1S/C31H45FO/c1-3-5-6-7-23-8-13-25(14-9-23)26-15-10-24(11-16-26)12-17-27-18-19-28-22-29(33-4-2)20-21-30(28)31(27)32/h18-26H,3-17H2,1-2H3. The minimum atomic E-state index is -0.0278. The zero-order valence-electron chi connectivity index (χ0n) is 21.1. The van der Waals surface area contributed by atoms with Gasteiger partial charge in [0.25, 0.3) is 0 Å². The molecule has 2 heteroatoms. The molecule has 182 valence electrons. The Hall–Kier alpha value is -1.57. The summed E-state index contributed by atoms with van der Waals surface area (Å²) in [6.45, 7) is 4.92. The summed E-state index contributed by atoms with van der Waals surface area (Å²) in [5.74, 6) is 4.55. The number of rotatable bonds is 10. The van der Waals surface area contributed by atoms with Gasteiger partial charge in [-0.25, -0.2) is 4.39 Å². The van der Waals surface area contributed by atoms with Gasteiger partial charge in [0.05, 0.1) is 6.61 Å². The fourth-order valence-electron chi connectivity index (χ4n) is 6.70. The molecular formula is C31H45FO. The van der Waals surface area contributed by atoms with Crippen LogP contribution in [0.1, 0.15) is 103 Å². The highest BCUT2D eigenvalue weighted by molar-refractivity contribution is 5.85. The first-order valence-electron chi connectivity index (χ1n) is 14.0. The fraction of sp³-hybridized carbons (Fsp3) is 0.677. The lowest BCUT2D eigenvalue weighted by atomic mass is 9.68. The van der Waals surface area contributed by atoms with Crippen LogP contribution in [0.4, 0.5) is 4.39 Å². The molecule has 2 aliphatic rings. The Labute approximate surface area is 201 Å². The lowest BCUT2D eigenvalue weighted by Crippen LogP contribution is -2.26. The molecule has 0 heterocycles. The van der Waals surface area contributed by atoms with Gasteiger partial charge >= 0.3 is 0 Å². The van der Waals surface area contributed by atoms with Crippen LogP contribution in [0.2, 0.25) is 0 Å². The zero-order valence-corrected chi connectivity index (χ0v) is 21.1. The number of halogens is 1. The van der Waals surface area contributed by atoms with E-state index in [4.69, 9.17) is 4.74 Å². The van der Waals surface area contributed by atoms with E-state index in [9.17, 15) is 0 Å². The molecule has 4 rings (SSSR count). The topological polar surface area (TPSA) is 9.23 Å². The Morgan fingerprint density at radius 2 is 1.45 bits per heavy atom. The normalized spacial score (nSPS) is 25.9. The first-order valence-corrected chi connectivity index (χ1v) is 14.0. The summed E-state index contributed by atoms with van der Waals surface area (Å²) in [5.41, 5.74) is 0.884. The minimum Gasteiger partial charge on any atom is -0.494 e. The summed E-state index contributed by atoms with van der Waals surface area (Å²) in [6, 6.07) is 9.77. The summed E-state index contributed by atoms with van der Waals surface area (Å²) in [5, 5.41) is 1.66. The Balaban J connectivity index is 1.22. The number of hydrogen-bond acceptors (Lipinski definition) is 1. The van der Waals surface area contributed by atoms with Crippen molar-refractivity contribution >= 4 is 10.8 Å². The van der Waals surface area contributed by atoms with E-state index in [1.807, 2.05) is 31.2 Å². The van der Waals surface area contributed by atoms with Crippen LogP contribution in [0.5, 0.6) is 5.75 Å². The average molecular weight is 453 g/mol. The van der Waals surface area contributed by atoms with Crippen molar-refractivity contribution in [2.75, 3.05) is 6.61 Å². The molecule has 0 N–H and O–H groups in total. The van der Waals surface area contributed by atoms with E-state index in [2.05, 4.69) is 13.0 Å². The molecule has 0 spiro atoms. The maximum atomic E-state index is 15.1. The molecule has 0 aromatic heterocycles. The van der Waals surface area contributed by atoms with Crippen molar-refractivity contribution in [1.29, 1.82) is 0 Å². The molecule has 2 aromatic rings. The van der Waals surface area contributed by atoms with E-state index in [0.717, 1.165) is 58.6 Å². The van der Waals surface area contributed by atoms with Crippen LogP contribution in [-0.4, -0.2) is 6.61 Å². The van der Waals surface area contributed by atoms with Crippen molar-refractivity contribution in [2.45, 2.75) is 104 Å². The highest BCUT2D eigenvalue weighted by Gasteiger charge is 2.30. The Morgan fingerprint density at radius 3 is 2.09 bits per heavy atom. The van der Waals surface area contributed by atoms with Gasteiger partial charge < -0.3 is 4.74 Å². The van der Waals surface area contributed by atoms with Crippen molar-refractivity contribution < 1.29 is 9.13 Å². The van der Waals surface area contributed by atoms with Gasteiger partial charge in [0.2, 0.25) is 0 Å². The van der Waals surface area contributed by atoms with E-state index in [-0.39, 0.29) is 5.82 Å². The van der Waals surface area contributed by atoms with Gasteiger partial charge in [-0.05, 0) is 98.3 Å². The molecule has 0 aliphatic heterocycles. The van der Waals surface area contributed by atoms with Crippen LogP contribution in [-0.2, 0) is 6.42 Å². The van der Waals surface area contributed by atoms with Crippen molar-refractivity contribution in [3.8, 4) is 5.75 Å². The molecule has 1 nitrogen and oxygen atoms in total. The number of benzene rings is 2. The van der Waals surface area contributed by atoms with E-state index >= 15 is 4.39 Å². The number of fused-ring (bicyclic) bond motifs is 1. The highest BCUT2D eigenvalue weighted by atomic mass is 19.1. The van der Waals surface area contributed by atoms with Gasteiger partial charge in [0, 0.05) is 5.39 Å². The Kier molecular flexibility index (Phi) is 9.10. The number of hydrogen-bond donors (Lipinski definition) is 0. The van der Waals surface area contributed by atoms with Gasteiger partial charge in [-0.15, -0.1) is 0 Å². The van der Waals surface area contributed by atoms with Crippen LogP contribution in [0.15, 0.2) is 30.3 Å². The third-order valence-electron chi connectivity index (χ3n) is 8.80. The molecule has 2 aliphatic carbocycles. The van der Waals surface area contributed by atoms with Crippen molar-refractivity contribution in [3.05, 3.63) is 41.7 Å². The summed E-state index contributed by atoms with van der Waals surface area (Å²) >= 11 is 0. The molecule has 0 saturated heterocycles. The van der Waals surface area contributed by atoms with Crippen molar-refractivity contribution in [1.82, 2.24) is 0 Å².